The molecule has 9 nitrogen and oxygen atoms in total. The lowest BCUT2D eigenvalue weighted by atomic mass is 10.2. The van der Waals surface area contributed by atoms with Gasteiger partial charge in [-0.3, -0.25) is 9.52 Å². The second-order valence-electron chi connectivity index (χ2n) is 7.27. The summed E-state index contributed by atoms with van der Waals surface area (Å²) < 4.78 is 49.6. The van der Waals surface area contributed by atoms with Crippen LogP contribution in [0.25, 0.3) is 0 Å². The molecular formula is C24H24N2O7S. The van der Waals surface area contributed by atoms with E-state index in [4.69, 9.17) is 18.9 Å². The summed E-state index contributed by atoms with van der Waals surface area (Å²) in [6.07, 6.45) is 0. The molecule has 1 amide bonds. The minimum Gasteiger partial charge on any atom is -0.497 e. The van der Waals surface area contributed by atoms with Gasteiger partial charge in [-0.15, -0.1) is 0 Å². The smallest absolute Gasteiger partial charge is 0.262 e. The lowest BCUT2D eigenvalue weighted by Crippen LogP contribution is -2.28. The maximum Gasteiger partial charge on any atom is 0.262 e. The Labute approximate surface area is 197 Å². The molecule has 4 rings (SSSR count). The van der Waals surface area contributed by atoms with Gasteiger partial charge in [-0.1, -0.05) is 6.07 Å². The molecule has 0 aromatic heterocycles. The van der Waals surface area contributed by atoms with Crippen LogP contribution >= 0.6 is 0 Å². The quantitative estimate of drug-likeness (QED) is 0.449. The molecular weight excluding hydrogens is 460 g/mol. The topological polar surface area (TPSA) is 112 Å². The number of hydrogen-bond acceptors (Lipinski definition) is 7. The molecule has 0 saturated heterocycles. The van der Waals surface area contributed by atoms with Crippen molar-refractivity contribution in [2.24, 2.45) is 0 Å². The molecule has 0 aliphatic carbocycles. The Hall–Kier alpha value is -3.92. The number of nitrogens with one attached hydrogen (secondary N) is 2. The molecule has 0 unspecified atom stereocenters. The third kappa shape index (κ3) is 5.70. The summed E-state index contributed by atoms with van der Waals surface area (Å²) >= 11 is 0. The molecule has 0 atom stereocenters. The van der Waals surface area contributed by atoms with Crippen molar-refractivity contribution in [3.05, 3.63) is 72.3 Å². The molecule has 34 heavy (non-hydrogen) atoms. The van der Waals surface area contributed by atoms with E-state index in [0.717, 1.165) is 0 Å². The number of rotatable bonds is 9. The highest BCUT2D eigenvalue weighted by molar-refractivity contribution is 7.92. The highest BCUT2D eigenvalue weighted by Crippen LogP contribution is 2.32. The van der Waals surface area contributed by atoms with E-state index in [1.165, 1.54) is 24.3 Å². The van der Waals surface area contributed by atoms with Gasteiger partial charge in [-0.25, -0.2) is 8.42 Å². The van der Waals surface area contributed by atoms with Gasteiger partial charge in [0.1, 0.15) is 31.3 Å². The number of sulfonamides is 1. The van der Waals surface area contributed by atoms with E-state index in [2.05, 4.69) is 10.0 Å². The zero-order chi connectivity index (χ0) is 24.0. The van der Waals surface area contributed by atoms with Crippen LogP contribution in [0.15, 0.2) is 71.6 Å². The summed E-state index contributed by atoms with van der Waals surface area (Å²) in [5.41, 5.74) is 0.719. The van der Waals surface area contributed by atoms with Gasteiger partial charge in [0.2, 0.25) is 0 Å². The summed E-state index contributed by atoms with van der Waals surface area (Å²) in [4.78, 5) is 12.4. The molecule has 0 saturated carbocycles. The predicted octanol–water partition coefficient (Wildman–Crippen LogP) is 3.08. The lowest BCUT2D eigenvalue weighted by Gasteiger charge is -2.19. The first-order chi connectivity index (χ1) is 16.4. The summed E-state index contributed by atoms with van der Waals surface area (Å²) in [5.74, 6) is 1.93. The van der Waals surface area contributed by atoms with Crippen LogP contribution in [0.3, 0.4) is 0 Å². The molecule has 1 aliphatic heterocycles. The molecule has 0 fully saturated rings. The average molecular weight is 485 g/mol. The first-order valence-electron chi connectivity index (χ1n) is 10.5. The number of amides is 1. The summed E-state index contributed by atoms with van der Waals surface area (Å²) in [7, 11) is -2.26. The lowest BCUT2D eigenvalue weighted by molar-refractivity contribution is 0.0947. The molecule has 3 aromatic rings. The van der Waals surface area contributed by atoms with E-state index in [1.54, 1.807) is 37.4 Å². The fourth-order valence-electron chi connectivity index (χ4n) is 3.22. The van der Waals surface area contributed by atoms with Gasteiger partial charge in [-0.05, 0) is 48.5 Å². The largest absolute Gasteiger partial charge is 0.497 e. The Balaban J connectivity index is 1.30. The predicted molar refractivity (Wildman–Crippen MR) is 126 cm³/mol. The maximum atomic E-state index is 12.7. The third-order valence-corrected chi connectivity index (χ3v) is 6.30. The van der Waals surface area contributed by atoms with Gasteiger partial charge in [0, 0.05) is 23.4 Å². The molecule has 0 spiro atoms. The van der Waals surface area contributed by atoms with Crippen LogP contribution in [0.4, 0.5) is 5.69 Å². The zero-order valence-electron chi connectivity index (χ0n) is 18.4. The molecule has 10 heteroatoms. The van der Waals surface area contributed by atoms with Crippen molar-refractivity contribution < 1.29 is 32.2 Å². The van der Waals surface area contributed by atoms with Gasteiger partial charge in [0.25, 0.3) is 15.9 Å². The number of methoxy groups -OCH3 is 1. The van der Waals surface area contributed by atoms with Crippen molar-refractivity contribution >= 4 is 21.6 Å². The highest BCUT2D eigenvalue weighted by atomic mass is 32.2. The van der Waals surface area contributed by atoms with Gasteiger partial charge in [-0.2, -0.15) is 0 Å². The van der Waals surface area contributed by atoms with Crippen molar-refractivity contribution in [3.8, 4) is 23.0 Å². The first kappa shape index (κ1) is 23.2. The van der Waals surface area contributed by atoms with E-state index < -0.39 is 10.0 Å². The fourth-order valence-corrected chi connectivity index (χ4v) is 4.29. The van der Waals surface area contributed by atoms with Gasteiger partial charge in [0.05, 0.1) is 18.6 Å². The zero-order valence-corrected chi connectivity index (χ0v) is 19.3. The first-order valence-corrected chi connectivity index (χ1v) is 12.0. The number of anilines is 1. The maximum absolute atomic E-state index is 12.7. The average Bonchev–Trinajstić information content (AvgIpc) is 2.86. The van der Waals surface area contributed by atoms with Gasteiger partial charge >= 0.3 is 0 Å². The van der Waals surface area contributed by atoms with E-state index in [0.29, 0.717) is 54.0 Å². The SMILES string of the molecule is COc1cccc(OCCNC(=O)c2ccc(NS(=O)(=O)c3ccc4c(c3)OCCO4)cc2)c1. The van der Waals surface area contributed by atoms with Gasteiger partial charge in [0.15, 0.2) is 11.5 Å². The van der Waals surface area contributed by atoms with Gasteiger partial charge < -0.3 is 24.3 Å². The van der Waals surface area contributed by atoms with Crippen molar-refractivity contribution in [1.82, 2.24) is 5.32 Å². The van der Waals surface area contributed by atoms with Crippen LogP contribution in [-0.2, 0) is 10.0 Å². The standard InChI is InChI=1S/C24H24N2O7S/c1-30-19-3-2-4-20(15-19)31-12-11-25-24(27)17-5-7-18(8-6-17)26-34(28,29)21-9-10-22-23(16-21)33-14-13-32-22/h2-10,15-16,26H,11-14H2,1H3,(H,25,27). The normalized spacial score (nSPS) is 12.5. The van der Waals surface area contributed by atoms with E-state index in [9.17, 15) is 13.2 Å². The van der Waals surface area contributed by atoms with Crippen molar-refractivity contribution in [1.29, 1.82) is 0 Å². The molecule has 178 valence electrons. The number of carbonyl (C=O) groups excluding carboxylic acids is 1. The number of benzene rings is 3. The minimum absolute atomic E-state index is 0.0506. The van der Waals surface area contributed by atoms with E-state index in [1.807, 2.05) is 12.1 Å². The second-order valence-corrected chi connectivity index (χ2v) is 8.95. The number of hydrogen-bond donors (Lipinski definition) is 2. The van der Waals surface area contributed by atoms with Crippen LogP contribution in [0.5, 0.6) is 23.0 Å². The third-order valence-electron chi connectivity index (χ3n) is 4.92. The fraction of sp³-hybridized carbons (Fsp3) is 0.208. The van der Waals surface area contributed by atoms with E-state index >= 15 is 0 Å². The molecule has 2 N–H and O–H groups in total. The molecule has 0 bridgehead atoms. The van der Waals surface area contributed by atoms with Crippen molar-refractivity contribution in [3.63, 3.8) is 0 Å². The summed E-state index contributed by atoms with van der Waals surface area (Å²) in [5, 5.41) is 2.76. The second kappa shape index (κ2) is 10.3. The Kier molecular flexibility index (Phi) is 7.07. The minimum atomic E-state index is -3.84. The summed E-state index contributed by atoms with van der Waals surface area (Å²) in [6, 6.07) is 17.8. The number of fused-ring (bicyclic) bond motifs is 1. The van der Waals surface area contributed by atoms with E-state index in [-0.39, 0.29) is 17.4 Å². The van der Waals surface area contributed by atoms with Crippen LogP contribution in [0.1, 0.15) is 10.4 Å². The van der Waals surface area contributed by atoms with Crippen molar-refractivity contribution in [2.45, 2.75) is 4.90 Å². The Morgan fingerprint density at radius 1 is 0.941 bits per heavy atom. The Morgan fingerprint density at radius 2 is 1.68 bits per heavy atom. The molecule has 1 aliphatic rings. The monoisotopic (exact) mass is 484 g/mol. The number of carbonyl (C=O) groups is 1. The van der Waals surface area contributed by atoms with Crippen LogP contribution in [0.2, 0.25) is 0 Å². The molecule has 0 radical (unpaired) electrons. The summed E-state index contributed by atoms with van der Waals surface area (Å²) in [6.45, 7) is 1.37. The van der Waals surface area contributed by atoms with Crippen molar-refractivity contribution in [2.75, 3.05) is 38.2 Å². The highest BCUT2D eigenvalue weighted by Gasteiger charge is 2.19. The number of ether oxygens (including phenoxy) is 4. The Morgan fingerprint density at radius 3 is 2.44 bits per heavy atom. The van der Waals surface area contributed by atoms with Crippen LogP contribution < -0.4 is 29.0 Å². The van der Waals surface area contributed by atoms with Crippen LogP contribution in [0, 0.1) is 0 Å². The molecule has 1 heterocycles. The van der Waals surface area contributed by atoms with Crippen LogP contribution in [-0.4, -0.2) is 47.8 Å². The Bertz CT molecular complexity index is 1260. The molecule has 3 aromatic carbocycles.